The molecule has 2 aromatic rings. The summed E-state index contributed by atoms with van der Waals surface area (Å²) >= 11 is 0. The third-order valence-corrected chi connectivity index (χ3v) is 5.98. The first-order valence-corrected chi connectivity index (χ1v) is 10.8. The van der Waals surface area contributed by atoms with E-state index in [1.807, 2.05) is 19.9 Å². The molecule has 0 aliphatic heterocycles. The number of hydrogen-bond acceptors (Lipinski definition) is 6. The molecule has 1 amide bonds. The number of aromatic carboxylic acids is 1. The number of nitrogens with one attached hydrogen (secondary N) is 2. The Labute approximate surface area is 182 Å². The molecule has 0 spiro atoms. The molecule has 31 heavy (non-hydrogen) atoms. The molecule has 1 heterocycles. The Bertz CT molecular complexity index is 968. The van der Waals surface area contributed by atoms with Crippen LogP contribution in [0.4, 0.5) is 5.69 Å². The summed E-state index contributed by atoms with van der Waals surface area (Å²) in [7, 11) is 1.80. The molecular formula is C23H32N4O4. The Hall–Kier alpha value is -2.87. The van der Waals surface area contributed by atoms with E-state index in [4.69, 9.17) is 10.5 Å². The fourth-order valence-electron chi connectivity index (χ4n) is 4.37. The molecule has 1 atom stereocenters. The van der Waals surface area contributed by atoms with Gasteiger partial charge in [-0.25, -0.2) is 4.79 Å². The number of aromatic nitrogens is 1. The van der Waals surface area contributed by atoms with E-state index in [2.05, 4.69) is 15.6 Å². The van der Waals surface area contributed by atoms with Gasteiger partial charge in [0.15, 0.2) is 0 Å². The number of carbonyl (C=O) groups excluding carboxylic acids is 1. The van der Waals surface area contributed by atoms with Crippen LogP contribution in [0.25, 0.3) is 10.9 Å². The number of ether oxygens (including phenoxy) is 1. The Morgan fingerprint density at radius 2 is 1.90 bits per heavy atom. The zero-order valence-electron chi connectivity index (χ0n) is 18.6. The summed E-state index contributed by atoms with van der Waals surface area (Å²) in [5, 5.41) is 16.3. The molecule has 8 nitrogen and oxygen atoms in total. The highest BCUT2D eigenvalue weighted by molar-refractivity contribution is 6.06. The Kier molecular flexibility index (Phi) is 7.00. The average Bonchev–Trinajstić information content (AvgIpc) is 2.69. The molecule has 1 saturated carbocycles. The molecule has 168 valence electrons. The largest absolute Gasteiger partial charge is 0.490 e. The van der Waals surface area contributed by atoms with Crippen LogP contribution in [-0.2, 0) is 4.79 Å². The molecule has 1 fully saturated rings. The molecule has 0 radical (unpaired) electrons. The molecule has 0 saturated heterocycles. The van der Waals surface area contributed by atoms with Gasteiger partial charge in [-0.1, -0.05) is 19.9 Å². The number of nitrogens with two attached hydrogens (primary N) is 1. The number of benzene rings is 1. The second-order valence-electron chi connectivity index (χ2n) is 8.55. The van der Waals surface area contributed by atoms with Crippen LogP contribution in [0.1, 0.15) is 55.6 Å². The van der Waals surface area contributed by atoms with Crippen molar-refractivity contribution in [2.45, 2.75) is 64.6 Å². The molecular weight excluding hydrogens is 396 g/mol. The van der Waals surface area contributed by atoms with Crippen molar-refractivity contribution < 1.29 is 19.4 Å². The molecule has 1 aromatic carbocycles. The smallest absolute Gasteiger partial charge is 0.339 e. The predicted octanol–water partition coefficient (Wildman–Crippen LogP) is 2.87. The van der Waals surface area contributed by atoms with Crippen molar-refractivity contribution in [2.24, 2.45) is 5.92 Å². The predicted molar refractivity (Wildman–Crippen MR) is 120 cm³/mol. The first-order valence-electron chi connectivity index (χ1n) is 10.8. The first kappa shape index (κ1) is 22.8. The number of nitrogen functional groups attached to an aromatic ring is 1. The van der Waals surface area contributed by atoms with Crippen molar-refractivity contribution in [1.82, 2.24) is 15.6 Å². The molecule has 8 heteroatoms. The molecule has 1 aliphatic rings. The van der Waals surface area contributed by atoms with Crippen molar-refractivity contribution in [1.29, 1.82) is 0 Å². The van der Waals surface area contributed by atoms with Crippen molar-refractivity contribution in [2.75, 3.05) is 12.8 Å². The van der Waals surface area contributed by atoms with Crippen LogP contribution in [0.5, 0.6) is 5.75 Å². The SMILES string of the molecule is CN[C@H](C(=O)N[C@H]1CC[C@H](Oc2cccc3nc(C)c(C(=O)O)c(N)c23)CC1)C(C)C. The molecule has 3 rings (SSSR count). The lowest BCUT2D eigenvalue weighted by Crippen LogP contribution is -2.50. The zero-order chi connectivity index (χ0) is 22.7. The molecule has 0 bridgehead atoms. The van der Waals surface area contributed by atoms with Gasteiger partial charge < -0.3 is 26.2 Å². The number of likely N-dealkylation sites (N-methyl/N-ethyl adjacent to an activating group) is 1. The highest BCUT2D eigenvalue weighted by Crippen LogP contribution is 2.35. The van der Waals surface area contributed by atoms with Gasteiger partial charge in [-0.05, 0) is 57.7 Å². The summed E-state index contributed by atoms with van der Waals surface area (Å²) in [6, 6.07) is 5.36. The minimum atomic E-state index is -1.10. The van der Waals surface area contributed by atoms with Crippen LogP contribution >= 0.6 is 0 Å². The van der Waals surface area contributed by atoms with Gasteiger partial charge in [0.05, 0.1) is 34.4 Å². The van der Waals surface area contributed by atoms with Gasteiger partial charge in [-0.3, -0.25) is 9.78 Å². The molecule has 5 N–H and O–H groups in total. The summed E-state index contributed by atoms with van der Waals surface area (Å²) in [4.78, 5) is 28.5. The maximum atomic E-state index is 12.5. The van der Waals surface area contributed by atoms with Gasteiger partial charge in [0, 0.05) is 6.04 Å². The monoisotopic (exact) mass is 428 g/mol. The second kappa shape index (κ2) is 9.51. The Morgan fingerprint density at radius 3 is 2.48 bits per heavy atom. The molecule has 1 aromatic heterocycles. The van der Waals surface area contributed by atoms with Crippen LogP contribution in [-0.4, -0.2) is 47.2 Å². The van der Waals surface area contributed by atoms with E-state index in [0.717, 1.165) is 25.7 Å². The van der Waals surface area contributed by atoms with E-state index in [1.54, 1.807) is 26.1 Å². The lowest BCUT2D eigenvalue weighted by atomic mass is 9.92. The summed E-state index contributed by atoms with van der Waals surface area (Å²) in [6.07, 6.45) is 3.19. The van der Waals surface area contributed by atoms with Crippen LogP contribution < -0.4 is 21.1 Å². The number of pyridine rings is 1. The topological polar surface area (TPSA) is 127 Å². The average molecular weight is 429 g/mol. The molecule has 1 aliphatic carbocycles. The number of carbonyl (C=O) groups is 2. The van der Waals surface area contributed by atoms with Crippen LogP contribution in [0.3, 0.4) is 0 Å². The maximum Gasteiger partial charge on any atom is 0.339 e. The fraction of sp³-hybridized carbons (Fsp3) is 0.522. The first-order chi connectivity index (χ1) is 14.7. The number of amides is 1. The van der Waals surface area contributed by atoms with Gasteiger partial charge in [-0.15, -0.1) is 0 Å². The summed E-state index contributed by atoms with van der Waals surface area (Å²) in [5.41, 5.74) is 7.40. The van der Waals surface area contributed by atoms with Crippen molar-refractivity contribution in [3.05, 3.63) is 29.5 Å². The number of aryl methyl sites for hydroxylation is 1. The van der Waals surface area contributed by atoms with E-state index >= 15 is 0 Å². The van der Waals surface area contributed by atoms with Crippen molar-refractivity contribution in [3.63, 3.8) is 0 Å². The van der Waals surface area contributed by atoms with Gasteiger partial charge in [0.25, 0.3) is 0 Å². The van der Waals surface area contributed by atoms with Gasteiger partial charge in [-0.2, -0.15) is 0 Å². The number of fused-ring (bicyclic) bond motifs is 1. The number of carboxylic acids is 1. The highest BCUT2D eigenvalue weighted by Gasteiger charge is 2.28. The Balaban J connectivity index is 1.70. The standard InChI is InChI=1S/C23H32N4O4/c1-12(2)21(25-4)22(28)27-14-8-10-15(11-9-14)31-17-7-5-6-16-19(17)20(24)18(23(29)30)13(3)26-16/h5-7,12,14-15,21,25H,8-11H2,1-4H3,(H2,24,26)(H,27,28)(H,29,30)/t14-,15-,21-/m0/s1. The zero-order valence-corrected chi connectivity index (χ0v) is 18.6. The number of hydrogen-bond donors (Lipinski definition) is 4. The third-order valence-electron chi connectivity index (χ3n) is 5.98. The van der Waals surface area contributed by atoms with E-state index in [-0.39, 0.29) is 41.3 Å². The highest BCUT2D eigenvalue weighted by atomic mass is 16.5. The van der Waals surface area contributed by atoms with Crippen LogP contribution in [0, 0.1) is 12.8 Å². The van der Waals surface area contributed by atoms with E-state index in [9.17, 15) is 14.7 Å². The quantitative estimate of drug-likeness (QED) is 0.534. The summed E-state index contributed by atoms with van der Waals surface area (Å²) in [6.45, 7) is 5.68. The minimum Gasteiger partial charge on any atom is -0.490 e. The number of nitrogens with zero attached hydrogens (tertiary/aromatic N) is 1. The minimum absolute atomic E-state index is 0.0132. The van der Waals surface area contributed by atoms with Crippen LogP contribution in [0.2, 0.25) is 0 Å². The van der Waals surface area contributed by atoms with Crippen molar-refractivity contribution in [3.8, 4) is 5.75 Å². The van der Waals surface area contributed by atoms with E-state index < -0.39 is 5.97 Å². The second-order valence-corrected chi connectivity index (χ2v) is 8.55. The molecule has 0 unspecified atom stereocenters. The normalized spacial score (nSPS) is 19.9. The number of anilines is 1. The van der Waals surface area contributed by atoms with Gasteiger partial charge in [0.2, 0.25) is 5.91 Å². The Morgan fingerprint density at radius 1 is 1.23 bits per heavy atom. The van der Waals surface area contributed by atoms with Gasteiger partial charge in [0.1, 0.15) is 11.3 Å². The van der Waals surface area contributed by atoms with E-state index in [0.29, 0.717) is 22.3 Å². The lowest BCUT2D eigenvalue weighted by molar-refractivity contribution is -0.125. The lowest BCUT2D eigenvalue weighted by Gasteiger charge is -2.31. The number of rotatable bonds is 7. The van der Waals surface area contributed by atoms with Gasteiger partial charge >= 0.3 is 5.97 Å². The third kappa shape index (κ3) is 4.90. The number of carboxylic acid groups (broad SMARTS) is 1. The fourth-order valence-corrected chi connectivity index (χ4v) is 4.37. The van der Waals surface area contributed by atoms with Crippen molar-refractivity contribution >= 4 is 28.5 Å². The van der Waals surface area contributed by atoms with E-state index in [1.165, 1.54) is 0 Å². The summed E-state index contributed by atoms with van der Waals surface area (Å²) < 4.78 is 6.25. The van der Waals surface area contributed by atoms with Crippen LogP contribution in [0.15, 0.2) is 18.2 Å². The maximum absolute atomic E-state index is 12.5. The summed E-state index contributed by atoms with van der Waals surface area (Å²) in [5.74, 6) is -0.301.